The van der Waals surface area contributed by atoms with Crippen LogP contribution in [0.2, 0.25) is 0 Å². The Balaban J connectivity index is 1.41. The van der Waals surface area contributed by atoms with Crippen molar-refractivity contribution in [2.24, 2.45) is 0 Å². The van der Waals surface area contributed by atoms with Crippen molar-refractivity contribution in [2.45, 2.75) is 19.9 Å². The number of thiazole rings is 1. The highest BCUT2D eigenvalue weighted by Crippen LogP contribution is 2.13. The molecule has 1 atom stereocenters. The van der Waals surface area contributed by atoms with Crippen LogP contribution in [0.25, 0.3) is 0 Å². The molecule has 6 heteroatoms. The lowest BCUT2D eigenvalue weighted by atomic mass is 10.2. The van der Waals surface area contributed by atoms with Crippen LogP contribution < -0.4 is 15.0 Å². The van der Waals surface area contributed by atoms with Gasteiger partial charge < -0.3 is 15.0 Å². The Morgan fingerprint density at radius 1 is 1.14 bits per heavy atom. The molecule has 5 nitrogen and oxygen atoms in total. The first-order valence-corrected chi connectivity index (χ1v) is 10.3. The van der Waals surface area contributed by atoms with E-state index in [-0.39, 0.29) is 5.91 Å². The number of nitrogens with one attached hydrogen (secondary N) is 2. The summed E-state index contributed by atoms with van der Waals surface area (Å²) < 4.78 is 5.74. The van der Waals surface area contributed by atoms with E-state index < -0.39 is 0 Å². The van der Waals surface area contributed by atoms with Gasteiger partial charge in [0, 0.05) is 11.1 Å². The molecule has 0 aliphatic carbocycles. The maximum atomic E-state index is 12.2. The van der Waals surface area contributed by atoms with Crippen LogP contribution >= 0.6 is 11.3 Å². The highest BCUT2D eigenvalue weighted by Gasteiger charge is 2.11. The molecule has 0 spiro atoms. The fourth-order valence-corrected chi connectivity index (χ4v) is 3.54. The SMILES string of the molecule is Cc1ccc(NC(=O)Cc2nc(C[NH+](C)CCOc3ccccc3)cs2)cc1. The number of nitrogens with zero attached hydrogens (tertiary/aromatic N) is 1. The summed E-state index contributed by atoms with van der Waals surface area (Å²) >= 11 is 1.54. The molecular formula is C22H26N3O2S+. The molecule has 0 bridgehead atoms. The highest BCUT2D eigenvalue weighted by atomic mass is 32.1. The smallest absolute Gasteiger partial charge is 0.231 e. The highest BCUT2D eigenvalue weighted by molar-refractivity contribution is 7.09. The predicted octanol–water partition coefficient (Wildman–Crippen LogP) is 2.73. The number of anilines is 1. The third-order valence-electron chi connectivity index (χ3n) is 4.27. The monoisotopic (exact) mass is 396 g/mol. The second-order valence-corrected chi connectivity index (χ2v) is 7.81. The molecule has 0 saturated carbocycles. The van der Waals surface area contributed by atoms with Gasteiger partial charge >= 0.3 is 0 Å². The van der Waals surface area contributed by atoms with Crippen molar-refractivity contribution in [3.63, 3.8) is 0 Å². The number of carbonyl (C=O) groups excluding carboxylic acids is 1. The van der Waals surface area contributed by atoms with E-state index in [1.54, 1.807) is 0 Å². The number of hydrogen-bond acceptors (Lipinski definition) is 4. The molecule has 1 amide bonds. The minimum absolute atomic E-state index is 0.0401. The number of amides is 1. The second kappa shape index (κ2) is 10.0. The number of aromatic nitrogens is 1. The lowest BCUT2D eigenvalue weighted by molar-refractivity contribution is -0.894. The van der Waals surface area contributed by atoms with Crippen LogP contribution in [0, 0.1) is 6.92 Å². The lowest BCUT2D eigenvalue weighted by Gasteiger charge is -2.13. The average molecular weight is 397 g/mol. The first-order valence-electron chi connectivity index (χ1n) is 9.37. The van der Waals surface area contributed by atoms with Crippen molar-refractivity contribution in [3.8, 4) is 5.75 Å². The number of ether oxygens (including phenoxy) is 1. The van der Waals surface area contributed by atoms with Crippen molar-refractivity contribution in [1.29, 1.82) is 0 Å². The van der Waals surface area contributed by atoms with Crippen LogP contribution in [0.15, 0.2) is 60.0 Å². The first kappa shape index (κ1) is 20.0. The van der Waals surface area contributed by atoms with Crippen LogP contribution in [0.5, 0.6) is 5.75 Å². The van der Waals surface area contributed by atoms with E-state index in [1.165, 1.54) is 21.8 Å². The molecule has 1 aromatic heterocycles. The molecule has 3 aromatic rings. The zero-order valence-electron chi connectivity index (χ0n) is 16.3. The van der Waals surface area contributed by atoms with Gasteiger partial charge in [0.2, 0.25) is 5.91 Å². The lowest BCUT2D eigenvalue weighted by Crippen LogP contribution is -3.08. The van der Waals surface area contributed by atoms with Crippen LogP contribution in [0.1, 0.15) is 16.3 Å². The molecule has 3 rings (SSSR count). The number of quaternary nitrogens is 1. The molecule has 146 valence electrons. The van der Waals surface area contributed by atoms with Crippen LogP contribution in [-0.4, -0.2) is 31.1 Å². The second-order valence-electron chi connectivity index (χ2n) is 6.87. The maximum Gasteiger partial charge on any atom is 0.231 e. The molecule has 28 heavy (non-hydrogen) atoms. The van der Waals surface area contributed by atoms with Crippen molar-refractivity contribution in [3.05, 3.63) is 76.2 Å². The molecule has 2 N–H and O–H groups in total. The molecule has 1 unspecified atom stereocenters. The van der Waals surface area contributed by atoms with Crippen LogP contribution in [-0.2, 0) is 17.8 Å². The summed E-state index contributed by atoms with van der Waals surface area (Å²) in [6.45, 7) is 4.38. The number of carbonyl (C=O) groups is 1. The Kier molecular flexibility index (Phi) is 7.17. The van der Waals surface area contributed by atoms with Gasteiger partial charge in [0.25, 0.3) is 0 Å². The number of hydrogen-bond donors (Lipinski definition) is 2. The van der Waals surface area contributed by atoms with Crippen molar-refractivity contribution in [1.82, 2.24) is 4.98 Å². The number of rotatable bonds is 9. The van der Waals surface area contributed by atoms with E-state index in [4.69, 9.17) is 4.74 Å². The predicted molar refractivity (Wildman–Crippen MR) is 113 cm³/mol. The summed E-state index contributed by atoms with van der Waals surface area (Å²) in [4.78, 5) is 18.1. The Morgan fingerprint density at radius 3 is 2.64 bits per heavy atom. The average Bonchev–Trinajstić information content (AvgIpc) is 3.11. The van der Waals surface area contributed by atoms with Gasteiger partial charge in [-0.05, 0) is 31.2 Å². The van der Waals surface area contributed by atoms with Crippen molar-refractivity contribution >= 4 is 22.9 Å². The minimum atomic E-state index is -0.0401. The molecule has 0 aliphatic heterocycles. The minimum Gasteiger partial charge on any atom is -0.488 e. The van der Waals surface area contributed by atoms with Crippen molar-refractivity contribution in [2.75, 3.05) is 25.5 Å². The van der Waals surface area contributed by atoms with E-state index in [0.29, 0.717) is 13.0 Å². The third kappa shape index (κ3) is 6.48. The summed E-state index contributed by atoms with van der Waals surface area (Å²) in [5.74, 6) is 0.854. The van der Waals surface area contributed by atoms with E-state index in [1.807, 2.05) is 66.9 Å². The van der Waals surface area contributed by atoms with E-state index in [0.717, 1.165) is 35.2 Å². The van der Waals surface area contributed by atoms with Gasteiger partial charge in [-0.1, -0.05) is 35.9 Å². The normalized spacial score (nSPS) is 11.8. The zero-order chi connectivity index (χ0) is 19.8. The maximum absolute atomic E-state index is 12.2. The fourth-order valence-electron chi connectivity index (χ4n) is 2.75. The molecule has 0 saturated heterocycles. The third-order valence-corrected chi connectivity index (χ3v) is 5.17. The quantitative estimate of drug-likeness (QED) is 0.585. The van der Waals surface area contributed by atoms with E-state index in [2.05, 4.69) is 17.3 Å². The first-order chi connectivity index (χ1) is 13.6. The van der Waals surface area contributed by atoms with Gasteiger partial charge in [0.05, 0.1) is 13.5 Å². The van der Waals surface area contributed by atoms with E-state index >= 15 is 0 Å². The van der Waals surface area contributed by atoms with E-state index in [9.17, 15) is 4.79 Å². The molecular weight excluding hydrogens is 370 g/mol. The Labute approximate surface area is 170 Å². The number of likely N-dealkylation sites (N-methyl/N-ethyl adjacent to an activating group) is 1. The molecule has 1 heterocycles. The Morgan fingerprint density at radius 2 is 1.89 bits per heavy atom. The van der Waals surface area contributed by atoms with Crippen LogP contribution in [0.4, 0.5) is 5.69 Å². The number of para-hydroxylation sites is 1. The van der Waals surface area contributed by atoms with Gasteiger partial charge in [-0.15, -0.1) is 11.3 Å². The summed E-state index contributed by atoms with van der Waals surface area (Å²) in [7, 11) is 2.12. The molecule has 2 aromatic carbocycles. The zero-order valence-corrected chi connectivity index (χ0v) is 17.1. The van der Waals surface area contributed by atoms with Gasteiger partial charge in [0.15, 0.2) is 0 Å². The Bertz CT molecular complexity index is 878. The van der Waals surface area contributed by atoms with Gasteiger partial charge in [-0.25, -0.2) is 4.98 Å². The molecule has 0 radical (unpaired) electrons. The number of benzene rings is 2. The van der Waals surface area contributed by atoms with Crippen LogP contribution in [0.3, 0.4) is 0 Å². The summed E-state index contributed by atoms with van der Waals surface area (Å²) in [6, 6.07) is 17.6. The Hall–Kier alpha value is -2.70. The van der Waals surface area contributed by atoms with Gasteiger partial charge in [-0.3, -0.25) is 4.79 Å². The standard InChI is InChI=1S/C22H25N3O2S/c1-17-8-10-18(11-9-17)23-21(26)14-22-24-19(16-28-22)15-25(2)12-13-27-20-6-4-3-5-7-20/h3-11,16H,12-15H2,1-2H3,(H,23,26)/p+1. The molecule has 0 fully saturated rings. The fraction of sp³-hybridized carbons (Fsp3) is 0.273. The summed E-state index contributed by atoms with van der Waals surface area (Å²) in [6.07, 6.45) is 0.300. The van der Waals surface area contributed by atoms with Gasteiger partial charge in [0.1, 0.15) is 36.1 Å². The molecule has 0 aliphatic rings. The number of aryl methyl sites for hydroxylation is 1. The largest absolute Gasteiger partial charge is 0.488 e. The summed E-state index contributed by atoms with van der Waals surface area (Å²) in [5.41, 5.74) is 3.00. The summed E-state index contributed by atoms with van der Waals surface area (Å²) in [5, 5.41) is 5.80. The van der Waals surface area contributed by atoms with Crippen molar-refractivity contribution < 1.29 is 14.4 Å². The topological polar surface area (TPSA) is 55.7 Å². The van der Waals surface area contributed by atoms with Gasteiger partial charge in [-0.2, -0.15) is 0 Å².